The molecule has 0 atom stereocenters. The van der Waals surface area contributed by atoms with Crippen LogP contribution >= 0.6 is 0 Å². The number of hydrogen-bond donors (Lipinski definition) is 0. The first-order valence-corrected chi connectivity index (χ1v) is 18.8. The molecule has 4 nitrogen and oxygen atoms in total. The summed E-state index contributed by atoms with van der Waals surface area (Å²) in [5.74, 6) is 0.635. The van der Waals surface area contributed by atoms with Crippen LogP contribution in [0, 0.1) is 0 Å². The van der Waals surface area contributed by atoms with Gasteiger partial charge in [0.05, 0.1) is 11.4 Å². The summed E-state index contributed by atoms with van der Waals surface area (Å²) in [5, 5.41) is 9.71. The molecule has 0 N–H and O–H groups in total. The zero-order valence-corrected chi connectivity index (χ0v) is 30.3. The Bertz CT molecular complexity index is 3240. The highest BCUT2D eigenvalue weighted by Crippen LogP contribution is 2.43. The Morgan fingerprint density at radius 1 is 0.304 bits per heavy atom. The molecule has 56 heavy (non-hydrogen) atoms. The molecule has 0 saturated carbocycles. The third-order valence-corrected chi connectivity index (χ3v) is 11.0. The third-order valence-electron chi connectivity index (χ3n) is 11.0. The number of rotatable bonds is 6. The van der Waals surface area contributed by atoms with E-state index in [9.17, 15) is 0 Å². The Morgan fingerprint density at radius 2 is 0.893 bits per heavy atom. The Labute approximate surface area is 323 Å². The van der Waals surface area contributed by atoms with Crippen molar-refractivity contribution in [3.05, 3.63) is 195 Å². The van der Waals surface area contributed by atoms with Crippen LogP contribution in [0.4, 0.5) is 0 Å². The van der Waals surface area contributed by atoms with Crippen molar-refractivity contribution in [2.75, 3.05) is 0 Å². The molecule has 0 radical (unpaired) electrons. The molecule has 11 aromatic rings. The highest BCUT2D eigenvalue weighted by molar-refractivity contribution is 6.27. The number of fused-ring (bicyclic) bond motifs is 1. The molecule has 0 amide bonds. The summed E-state index contributed by atoms with van der Waals surface area (Å²) in [4.78, 5) is 19.4. The van der Waals surface area contributed by atoms with Gasteiger partial charge in [0.25, 0.3) is 0 Å². The first-order valence-electron chi connectivity index (χ1n) is 18.8. The maximum absolute atomic E-state index is 5.27. The fourth-order valence-corrected chi connectivity index (χ4v) is 8.32. The average molecular weight is 713 g/mol. The topological polar surface area (TPSA) is 51.6 Å². The van der Waals surface area contributed by atoms with Crippen LogP contribution in [0.3, 0.4) is 0 Å². The van der Waals surface area contributed by atoms with Crippen LogP contribution in [-0.2, 0) is 0 Å². The minimum Gasteiger partial charge on any atom is -0.264 e. The van der Waals surface area contributed by atoms with Crippen LogP contribution in [0.2, 0.25) is 0 Å². The van der Waals surface area contributed by atoms with Gasteiger partial charge in [-0.1, -0.05) is 146 Å². The third kappa shape index (κ3) is 5.39. The number of hydrogen-bond acceptors (Lipinski definition) is 4. The first-order chi connectivity index (χ1) is 27.7. The molecule has 0 spiro atoms. The van der Waals surface area contributed by atoms with Gasteiger partial charge in [0.2, 0.25) is 0 Å². The molecule has 0 aliphatic rings. The maximum Gasteiger partial charge on any atom is 0.162 e. The fourth-order valence-electron chi connectivity index (χ4n) is 8.32. The fraction of sp³-hybridized carbons (Fsp3) is 0. The number of aromatic nitrogens is 4. The summed E-state index contributed by atoms with van der Waals surface area (Å²) >= 11 is 0. The SMILES string of the molecule is c1ccc(-c2ccc3ccc4c(-c5cccc(-c6cc(-c7cccc(-c8cccnc8)c7)nc(-c7cncc8ccccc78)n6)c5)ccc5ccc2c3c54)cc1. The lowest BCUT2D eigenvalue weighted by Gasteiger charge is -2.17. The standard InChI is InChI=1S/C52H32N4/c1-2-9-33(10-3-1)43-22-18-34-21-25-46-44(23-19-35-20-24-45(43)50(34)51(35)46)37-13-7-15-39(28-37)49-29-48(38-14-6-12-36(27-38)40-16-8-26-53-30-40)55-52(56-49)47-32-54-31-41-11-4-5-17-42(41)47/h1-32H. The van der Waals surface area contributed by atoms with Crippen molar-refractivity contribution in [1.29, 1.82) is 0 Å². The summed E-state index contributed by atoms with van der Waals surface area (Å²) in [6, 6.07) is 60.5. The van der Waals surface area contributed by atoms with Gasteiger partial charge in [0.15, 0.2) is 5.82 Å². The van der Waals surface area contributed by atoms with E-state index in [1.807, 2.05) is 30.7 Å². The summed E-state index contributed by atoms with van der Waals surface area (Å²) in [6.45, 7) is 0. The molecule has 260 valence electrons. The van der Waals surface area contributed by atoms with Crippen LogP contribution in [0.1, 0.15) is 0 Å². The first kappa shape index (κ1) is 31.9. The Kier molecular flexibility index (Phi) is 7.46. The van der Waals surface area contributed by atoms with Gasteiger partial charge in [-0.3, -0.25) is 9.97 Å². The number of benzene rings is 8. The average Bonchev–Trinajstić information content (AvgIpc) is 3.28. The zero-order chi connectivity index (χ0) is 37.0. The summed E-state index contributed by atoms with van der Waals surface area (Å²) < 4.78 is 0. The van der Waals surface area contributed by atoms with Crippen molar-refractivity contribution in [2.24, 2.45) is 0 Å². The van der Waals surface area contributed by atoms with Gasteiger partial charge < -0.3 is 0 Å². The van der Waals surface area contributed by atoms with E-state index in [-0.39, 0.29) is 0 Å². The molecule has 8 aromatic carbocycles. The van der Waals surface area contributed by atoms with Gasteiger partial charge in [0, 0.05) is 52.4 Å². The smallest absolute Gasteiger partial charge is 0.162 e. The van der Waals surface area contributed by atoms with E-state index in [2.05, 4.69) is 168 Å². The predicted octanol–water partition coefficient (Wildman–Crippen LogP) is 13.3. The minimum absolute atomic E-state index is 0.635. The van der Waals surface area contributed by atoms with E-state index in [0.717, 1.165) is 55.5 Å². The molecule has 0 saturated heterocycles. The van der Waals surface area contributed by atoms with Crippen molar-refractivity contribution < 1.29 is 0 Å². The second-order valence-corrected chi connectivity index (χ2v) is 14.3. The second-order valence-electron chi connectivity index (χ2n) is 14.3. The Balaban J connectivity index is 1.09. The molecule has 0 aliphatic heterocycles. The van der Waals surface area contributed by atoms with E-state index in [4.69, 9.17) is 9.97 Å². The second kappa shape index (κ2) is 13.1. The van der Waals surface area contributed by atoms with Crippen LogP contribution in [0.25, 0.3) is 110 Å². The summed E-state index contributed by atoms with van der Waals surface area (Å²) in [6.07, 6.45) is 7.46. The molecule has 11 rings (SSSR count). The highest BCUT2D eigenvalue weighted by atomic mass is 14.9. The van der Waals surface area contributed by atoms with Crippen molar-refractivity contribution in [1.82, 2.24) is 19.9 Å². The number of pyridine rings is 2. The largest absolute Gasteiger partial charge is 0.264 e. The Hall–Kier alpha value is -7.56. The van der Waals surface area contributed by atoms with E-state index in [0.29, 0.717) is 5.82 Å². The van der Waals surface area contributed by atoms with Gasteiger partial charge in [-0.15, -0.1) is 0 Å². The van der Waals surface area contributed by atoms with E-state index in [1.54, 1.807) is 6.20 Å². The predicted molar refractivity (Wildman–Crippen MR) is 231 cm³/mol. The molecule has 3 aromatic heterocycles. The molecule has 0 aliphatic carbocycles. The lowest BCUT2D eigenvalue weighted by molar-refractivity contribution is 1.18. The van der Waals surface area contributed by atoms with Gasteiger partial charge in [-0.05, 0) is 89.8 Å². The monoisotopic (exact) mass is 712 g/mol. The molecule has 4 heteroatoms. The Morgan fingerprint density at radius 3 is 1.61 bits per heavy atom. The van der Waals surface area contributed by atoms with Crippen LogP contribution < -0.4 is 0 Å². The number of nitrogens with zero attached hydrogens (tertiary/aromatic N) is 4. The van der Waals surface area contributed by atoms with E-state index in [1.165, 1.54) is 49.0 Å². The summed E-state index contributed by atoms with van der Waals surface area (Å²) in [7, 11) is 0. The molecule has 3 heterocycles. The molecular formula is C52H32N4. The molecule has 0 bridgehead atoms. The van der Waals surface area contributed by atoms with Gasteiger partial charge in [0.1, 0.15) is 0 Å². The van der Waals surface area contributed by atoms with E-state index < -0.39 is 0 Å². The lowest BCUT2D eigenvalue weighted by Crippen LogP contribution is -1.97. The van der Waals surface area contributed by atoms with Crippen LogP contribution in [0.15, 0.2) is 195 Å². The molecule has 0 unspecified atom stereocenters. The molecule has 0 fully saturated rings. The molecular weight excluding hydrogens is 681 g/mol. The van der Waals surface area contributed by atoms with Gasteiger partial charge in [-0.25, -0.2) is 9.97 Å². The van der Waals surface area contributed by atoms with Gasteiger partial charge >= 0.3 is 0 Å². The zero-order valence-electron chi connectivity index (χ0n) is 30.3. The normalized spacial score (nSPS) is 11.6. The van der Waals surface area contributed by atoms with Crippen molar-refractivity contribution in [2.45, 2.75) is 0 Å². The summed E-state index contributed by atoms with van der Waals surface area (Å²) in [5.41, 5.74) is 11.5. The van der Waals surface area contributed by atoms with Crippen LogP contribution in [0.5, 0.6) is 0 Å². The van der Waals surface area contributed by atoms with E-state index >= 15 is 0 Å². The van der Waals surface area contributed by atoms with Crippen molar-refractivity contribution in [3.8, 4) is 67.3 Å². The van der Waals surface area contributed by atoms with Crippen LogP contribution in [-0.4, -0.2) is 19.9 Å². The highest BCUT2D eigenvalue weighted by Gasteiger charge is 2.17. The minimum atomic E-state index is 0.635. The maximum atomic E-state index is 5.27. The van der Waals surface area contributed by atoms with Gasteiger partial charge in [-0.2, -0.15) is 0 Å². The van der Waals surface area contributed by atoms with Crippen molar-refractivity contribution in [3.63, 3.8) is 0 Å². The lowest BCUT2D eigenvalue weighted by atomic mass is 9.87. The quantitative estimate of drug-likeness (QED) is 0.161. The van der Waals surface area contributed by atoms with Crippen molar-refractivity contribution >= 4 is 43.1 Å².